The van der Waals surface area contributed by atoms with Crippen LogP contribution < -0.4 is 5.32 Å². The van der Waals surface area contributed by atoms with E-state index in [1.54, 1.807) is 0 Å². The van der Waals surface area contributed by atoms with Crippen molar-refractivity contribution < 1.29 is 4.79 Å². The van der Waals surface area contributed by atoms with E-state index >= 15 is 0 Å². The smallest absolute Gasteiger partial charge is 0.223 e. The van der Waals surface area contributed by atoms with Gasteiger partial charge in [0.2, 0.25) is 5.91 Å². The molecule has 8 aliphatic rings. The second-order valence-electron chi connectivity index (χ2n) is 10.4. The van der Waals surface area contributed by atoms with Crippen LogP contribution in [0.3, 0.4) is 0 Å². The van der Waals surface area contributed by atoms with Gasteiger partial charge in [-0.3, -0.25) is 4.79 Å². The van der Waals surface area contributed by atoms with Gasteiger partial charge in [-0.2, -0.15) is 0 Å². The molecule has 2 heteroatoms. The van der Waals surface area contributed by atoms with E-state index in [-0.39, 0.29) is 0 Å². The highest BCUT2D eigenvalue weighted by molar-refractivity contribution is 5.80. The Bertz CT molecular complexity index is 470. The Hall–Kier alpha value is -0.530. The van der Waals surface area contributed by atoms with Gasteiger partial charge in [0, 0.05) is 12.0 Å². The van der Waals surface area contributed by atoms with Crippen molar-refractivity contribution in [2.45, 2.75) is 70.3 Å². The molecule has 8 fully saturated rings. The summed E-state index contributed by atoms with van der Waals surface area (Å²) in [7, 11) is 0. The number of rotatable bonds is 2. The third-order valence-electron chi connectivity index (χ3n) is 9.07. The zero-order chi connectivity index (χ0) is 15.1. The van der Waals surface area contributed by atoms with Crippen LogP contribution in [-0.2, 0) is 4.79 Å². The van der Waals surface area contributed by atoms with Crippen molar-refractivity contribution in [2.24, 2.45) is 53.3 Å². The molecule has 0 unspecified atom stereocenters. The number of hydrogen-bond donors (Lipinski definition) is 1. The van der Waals surface area contributed by atoms with Gasteiger partial charge in [0.15, 0.2) is 0 Å². The molecule has 126 valence electrons. The second kappa shape index (κ2) is 4.76. The Kier molecular flexibility index (Phi) is 2.84. The normalized spacial score (nSPS) is 58.6. The third-order valence-corrected chi connectivity index (χ3v) is 9.07. The molecule has 0 radical (unpaired) electrons. The topological polar surface area (TPSA) is 29.1 Å². The molecule has 8 aliphatic carbocycles. The minimum absolute atomic E-state index is 0.389. The minimum Gasteiger partial charge on any atom is -0.353 e. The predicted octanol–water partition coefficient (Wildman–Crippen LogP) is 4.00. The van der Waals surface area contributed by atoms with Crippen LogP contribution in [0.2, 0.25) is 0 Å². The molecule has 23 heavy (non-hydrogen) atoms. The van der Waals surface area contributed by atoms with E-state index in [0.29, 0.717) is 17.9 Å². The van der Waals surface area contributed by atoms with Gasteiger partial charge in [0.25, 0.3) is 0 Å². The summed E-state index contributed by atoms with van der Waals surface area (Å²) < 4.78 is 0. The summed E-state index contributed by atoms with van der Waals surface area (Å²) in [6.07, 6.45) is 14.1. The highest BCUT2D eigenvalue weighted by Crippen LogP contribution is 2.57. The Morgan fingerprint density at radius 2 is 0.957 bits per heavy atom. The fourth-order valence-corrected chi connectivity index (χ4v) is 8.77. The Morgan fingerprint density at radius 1 is 0.565 bits per heavy atom. The summed E-state index contributed by atoms with van der Waals surface area (Å²) in [6.45, 7) is 0. The maximum Gasteiger partial charge on any atom is 0.223 e. The monoisotopic (exact) mass is 313 g/mol. The van der Waals surface area contributed by atoms with Crippen molar-refractivity contribution >= 4 is 5.91 Å². The average molecular weight is 313 g/mol. The van der Waals surface area contributed by atoms with Gasteiger partial charge in [-0.25, -0.2) is 0 Å². The van der Waals surface area contributed by atoms with Gasteiger partial charge in [-0.15, -0.1) is 0 Å². The molecule has 0 atom stereocenters. The molecule has 0 aliphatic heterocycles. The molecule has 0 aromatic heterocycles. The van der Waals surface area contributed by atoms with Gasteiger partial charge in [0.05, 0.1) is 0 Å². The zero-order valence-electron chi connectivity index (χ0n) is 14.3. The van der Waals surface area contributed by atoms with Crippen LogP contribution in [0.25, 0.3) is 0 Å². The average Bonchev–Trinajstić information content (AvgIpc) is 2.49. The van der Waals surface area contributed by atoms with Gasteiger partial charge < -0.3 is 5.32 Å². The van der Waals surface area contributed by atoms with Crippen molar-refractivity contribution in [3.8, 4) is 0 Å². The van der Waals surface area contributed by atoms with E-state index in [1.807, 2.05) is 0 Å². The van der Waals surface area contributed by atoms with Crippen LogP contribution in [0, 0.1) is 53.3 Å². The molecule has 0 aromatic rings. The van der Waals surface area contributed by atoms with E-state index in [4.69, 9.17) is 0 Å². The first-order valence-corrected chi connectivity index (χ1v) is 10.5. The molecular weight excluding hydrogens is 282 g/mol. The van der Waals surface area contributed by atoms with Crippen LogP contribution in [-0.4, -0.2) is 11.9 Å². The Morgan fingerprint density at radius 3 is 1.39 bits per heavy atom. The highest BCUT2D eigenvalue weighted by Gasteiger charge is 2.53. The van der Waals surface area contributed by atoms with Crippen molar-refractivity contribution in [1.29, 1.82) is 0 Å². The molecular formula is C21H31NO. The first-order valence-electron chi connectivity index (χ1n) is 10.5. The van der Waals surface area contributed by atoms with Crippen LogP contribution in [0.1, 0.15) is 64.2 Å². The number of amides is 1. The van der Waals surface area contributed by atoms with Crippen LogP contribution in [0.15, 0.2) is 0 Å². The summed E-state index contributed by atoms with van der Waals surface area (Å²) in [4.78, 5) is 13.2. The summed E-state index contributed by atoms with van der Waals surface area (Å²) in [5, 5.41) is 3.65. The Labute approximate surface area is 140 Å². The number of nitrogens with one attached hydrogen (secondary N) is 1. The predicted molar refractivity (Wildman–Crippen MR) is 89.5 cm³/mol. The minimum atomic E-state index is 0.389. The van der Waals surface area contributed by atoms with Gasteiger partial charge in [-0.1, -0.05) is 0 Å². The van der Waals surface area contributed by atoms with Crippen LogP contribution >= 0.6 is 0 Å². The lowest BCUT2D eigenvalue weighted by atomic mass is 9.51. The van der Waals surface area contributed by atoms with Crippen LogP contribution in [0.5, 0.6) is 0 Å². The lowest BCUT2D eigenvalue weighted by molar-refractivity contribution is -0.141. The fourth-order valence-electron chi connectivity index (χ4n) is 8.77. The molecule has 0 aromatic carbocycles. The molecule has 8 saturated carbocycles. The second-order valence-corrected chi connectivity index (χ2v) is 10.4. The molecule has 2 nitrogen and oxygen atoms in total. The van der Waals surface area contributed by atoms with Crippen molar-refractivity contribution in [1.82, 2.24) is 5.32 Å². The van der Waals surface area contributed by atoms with E-state index < -0.39 is 0 Å². The largest absolute Gasteiger partial charge is 0.353 e. The van der Waals surface area contributed by atoms with E-state index in [2.05, 4.69) is 5.32 Å². The Balaban J connectivity index is 1.19. The van der Waals surface area contributed by atoms with Crippen molar-refractivity contribution in [3.63, 3.8) is 0 Å². The number of carbonyl (C=O) groups excluding carboxylic acids is 1. The van der Waals surface area contributed by atoms with E-state index in [1.165, 1.54) is 64.2 Å². The number of hydrogen-bond acceptors (Lipinski definition) is 1. The number of carbonyl (C=O) groups is 1. The summed E-state index contributed by atoms with van der Waals surface area (Å²) in [6, 6.07) is 0.549. The van der Waals surface area contributed by atoms with E-state index in [9.17, 15) is 4.79 Å². The molecule has 0 spiro atoms. The van der Waals surface area contributed by atoms with Crippen LogP contribution in [0.4, 0.5) is 0 Å². The lowest BCUT2D eigenvalue weighted by Gasteiger charge is -2.56. The summed E-state index contributed by atoms with van der Waals surface area (Å²) in [5.41, 5.74) is 0. The highest BCUT2D eigenvalue weighted by atomic mass is 16.2. The standard InChI is InChI=1S/C21H31NO/c23-21(19-15-3-11-1-12(5-15)6-16(19)4-11)22-20-17-7-13-2-14(9-17)10-18(20)8-13/h11-20H,1-10H2,(H,22,23). The maximum absolute atomic E-state index is 13.2. The molecule has 1 N–H and O–H groups in total. The molecule has 8 rings (SSSR count). The molecule has 8 bridgehead atoms. The zero-order valence-corrected chi connectivity index (χ0v) is 14.3. The molecule has 0 heterocycles. The quantitative estimate of drug-likeness (QED) is 0.820. The lowest BCUT2D eigenvalue weighted by Crippen LogP contribution is -2.59. The molecule has 0 saturated heterocycles. The van der Waals surface area contributed by atoms with Crippen molar-refractivity contribution in [3.05, 3.63) is 0 Å². The summed E-state index contributed by atoms with van der Waals surface area (Å²) >= 11 is 0. The van der Waals surface area contributed by atoms with Gasteiger partial charge >= 0.3 is 0 Å². The first-order chi connectivity index (χ1) is 11.2. The SMILES string of the molecule is O=C(NC1C2CC3CC(C2)CC1C3)C1C2CC3CC(C2)CC1C3. The van der Waals surface area contributed by atoms with Gasteiger partial charge in [-0.05, 0) is 112 Å². The van der Waals surface area contributed by atoms with Crippen molar-refractivity contribution in [2.75, 3.05) is 0 Å². The maximum atomic E-state index is 13.2. The van der Waals surface area contributed by atoms with Gasteiger partial charge in [0.1, 0.15) is 0 Å². The fraction of sp³-hybridized carbons (Fsp3) is 0.952. The first kappa shape index (κ1) is 13.7. The summed E-state index contributed by atoms with van der Waals surface area (Å²) in [5.74, 6) is 7.96. The van der Waals surface area contributed by atoms with E-state index in [0.717, 1.165) is 47.3 Å². The molecule has 1 amide bonds. The third kappa shape index (κ3) is 2.02.